The molecular formula is C25H20O6. The fraction of sp³-hybridized carbons (Fsp3) is 0.120. The molecule has 6 nitrogen and oxygen atoms in total. The van der Waals surface area contributed by atoms with Gasteiger partial charge in [0.25, 0.3) is 0 Å². The van der Waals surface area contributed by atoms with Crippen LogP contribution in [0.1, 0.15) is 5.56 Å². The Morgan fingerprint density at radius 3 is 2.35 bits per heavy atom. The largest absolute Gasteiger partial charge is 0.497 e. The van der Waals surface area contributed by atoms with Gasteiger partial charge in [-0.05, 0) is 42.0 Å². The van der Waals surface area contributed by atoms with Gasteiger partial charge in [0.2, 0.25) is 0 Å². The summed E-state index contributed by atoms with van der Waals surface area (Å²) >= 11 is 0. The van der Waals surface area contributed by atoms with Gasteiger partial charge in [0.15, 0.2) is 0 Å². The van der Waals surface area contributed by atoms with Crippen molar-refractivity contribution >= 4 is 16.9 Å². The Morgan fingerprint density at radius 1 is 0.839 bits per heavy atom. The smallest absolute Gasteiger partial charge is 0.344 e. The van der Waals surface area contributed by atoms with E-state index in [4.69, 9.17) is 18.6 Å². The maximum Gasteiger partial charge on any atom is 0.344 e. The van der Waals surface area contributed by atoms with Crippen LogP contribution in [0.5, 0.6) is 17.2 Å². The lowest BCUT2D eigenvalue weighted by molar-refractivity contribution is -0.133. The Bertz CT molecular complexity index is 1290. The molecule has 3 aromatic carbocycles. The van der Waals surface area contributed by atoms with E-state index in [0.717, 1.165) is 5.56 Å². The van der Waals surface area contributed by atoms with Gasteiger partial charge in [-0.25, -0.2) is 4.79 Å². The molecule has 1 heterocycles. The second-order valence-electron chi connectivity index (χ2n) is 6.85. The summed E-state index contributed by atoms with van der Waals surface area (Å²) in [5.41, 5.74) is 1.55. The van der Waals surface area contributed by atoms with Crippen molar-refractivity contribution in [2.45, 2.75) is 6.42 Å². The number of hydrogen-bond donors (Lipinski definition) is 0. The summed E-state index contributed by atoms with van der Waals surface area (Å²) in [4.78, 5) is 24.9. The first kappa shape index (κ1) is 20.2. The molecule has 0 spiro atoms. The predicted octanol–water partition coefficient (Wildman–Crippen LogP) is 4.63. The molecule has 156 valence electrons. The van der Waals surface area contributed by atoms with Crippen LogP contribution in [-0.2, 0) is 11.2 Å². The lowest BCUT2D eigenvalue weighted by Gasteiger charge is -2.11. The maximum absolute atomic E-state index is 12.7. The highest BCUT2D eigenvalue weighted by Crippen LogP contribution is 2.33. The highest BCUT2D eigenvalue weighted by molar-refractivity contribution is 5.85. The van der Waals surface area contributed by atoms with Crippen LogP contribution in [0.25, 0.3) is 22.1 Å². The third kappa shape index (κ3) is 4.43. The van der Waals surface area contributed by atoms with Gasteiger partial charge in [0.05, 0.1) is 26.2 Å². The standard InChI is InChI=1S/C25H20O6/c1-28-18-10-11-22(29-2)20(14-18)21-13-17-8-9-19(15-23(17)31-25(21)27)30-24(26)12-16-6-4-3-5-7-16/h3-11,13-15H,12H2,1-2H3. The van der Waals surface area contributed by atoms with Gasteiger partial charge in [-0.2, -0.15) is 0 Å². The van der Waals surface area contributed by atoms with Crippen LogP contribution in [0, 0.1) is 0 Å². The third-order valence-corrected chi connectivity index (χ3v) is 4.83. The Morgan fingerprint density at radius 2 is 1.61 bits per heavy atom. The molecule has 0 saturated heterocycles. The summed E-state index contributed by atoms with van der Waals surface area (Å²) < 4.78 is 21.6. The number of hydrogen-bond acceptors (Lipinski definition) is 6. The molecule has 1 aromatic heterocycles. The van der Waals surface area contributed by atoms with Crippen molar-refractivity contribution < 1.29 is 23.4 Å². The van der Waals surface area contributed by atoms with Crippen molar-refractivity contribution in [3.8, 4) is 28.4 Å². The van der Waals surface area contributed by atoms with Crippen LogP contribution in [-0.4, -0.2) is 20.2 Å². The first-order valence-electron chi connectivity index (χ1n) is 9.62. The fourth-order valence-electron chi connectivity index (χ4n) is 3.30. The summed E-state index contributed by atoms with van der Waals surface area (Å²) in [6.45, 7) is 0. The van der Waals surface area contributed by atoms with Crippen molar-refractivity contribution in [3.63, 3.8) is 0 Å². The molecule has 0 atom stereocenters. The zero-order valence-electron chi connectivity index (χ0n) is 17.1. The number of methoxy groups -OCH3 is 2. The number of benzene rings is 3. The molecule has 0 amide bonds. The van der Waals surface area contributed by atoms with Gasteiger partial charge in [-0.3, -0.25) is 4.79 Å². The minimum atomic E-state index is -0.535. The van der Waals surface area contributed by atoms with Crippen LogP contribution >= 0.6 is 0 Å². The number of carbonyl (C=O) groups is 1. The Labute approximate surface area is 178 Å². The summed E-state index contributed by atoms with van der Waals surface area (Å²) in [6.07, 6.45) is 0.150. The average Bonchev–Trinajstić information content (AvgIpc) is 2.78. The molecule has 0 fully saturated rings. The second-order valence-corrected chi connectivity index (χ2v) is 6.85. The SMILES string of the molecule is COc1ccc(OC)c(-c2cc3ccc(OC(=O)Cc4ccccc4)cc3oc2=O)c1. The van der Waals surface area contributed by atoms with Crippen LogP contribution in [0.3, 0.4) is 0 Å². The van der Waals surface area contributed by atoms with Crippen molar-refractivity contribution in [2.75, 3.05) is 14.2 Å². The Hall–Kier alpha value is -4.06. The molecule has 31 heavy (non-hydrogen) atoms. The number of ether oxygens (including phenoxy) is 3. The van der Waals surface area contributed by atoms with E-state index in [9.17, 15) is 9.59 Å². The van der Waals surface area contributed by atoms with E-state index in [1.165, 1.54) is 13.2 Å². The van der Waals surface area contributed by atoms with Crippen molar-refractivity contribution in [3.05, 3.63) is 88.8 Å². The molecule has 0 saturated carbocycles. The topological polar surface area (TPSA) is 75.0 Å². The molecule has 0 aliphatic rings. The molecule has 4 aromatic rings. The van der Waals surface area contributed by atoms with Crippen molar-refractivity contribution in [1.29, 1.82) is 0 Å². The Balaban J connectivity index is 1.64. The van der Waals surface area contributed by atoms with E-state index in [-0.39, 0.29) is 6.42 Å². The van der Waals surface area contributed by atoms with Gasteiger partial charge in [-0.1, -0.05) is 30.3 Å². The quantitative estimate of drug-likeness (QED) is 0.259. The van der Waals surface area contributed by atoms with Crippen LogP contribution in [0.4, 0.5) is 0 Å². The zero-order valence-corrected chi connectivity index (χ0v) is 17.1. The molecule has 4 rings (SSSR count). The van der Waals surface area contributed by atoms with E-state index >= 15 is 0 Å². The summed E-state index contributed by atoms with van der Waals surface area (Å²) in [5, 5.41) is 0.683. The van der Waals surface area contributed by atoms with Crippen LogP contribution < -0.4 is 19.8 Å². The minimum Gasteiger partial charge on any atom is -0.497 e. The van der Waals surface area contributed by atoms with E-state index < -0.39 is 11.6 Å². The van der Waals surface area contributed by atoms with E-state index in [1.807, 2.05) is 30.3 Å². The third-order valence-electron chi connectivity index (χ3n) is 4.83. The summed E-state index contributed by atoms with van der Waals surface area (Å²) in [6, 6.07) is 21.2. The highest BCUT2D eigenvalue weighted by atomic mass is 16.5. The number of esters is 1. The molecule has 0 radical (unpaired) electrons. The summed E-state index contributed by atoms with van der Waals surface area (Å²) in [5.74, 6) is 1.03. The van der Waals surface area contributed by atoms with E-state index in [0.29, 0.717) is 39.3 Å². The van der Waals surface area contributed by atoms with Gasteiger partial charge in [0, 0.05) is 17.0 Å². The average molecular weight is 416 g/mol. The minimum absolute atomic E-state index is 0.150. The van der Waals surface area contributed by atoms with Gasteiger partial charge >= 0.3 is 11.6 Å². The first-order valence-corrected chi connectivity index (χ1v) is 9.62. The molecular weight excluding hydrogens is 396 g/mol. The first-order chi connectivity index (χ1) is 15.1. The number of fused-ring (bicyclic) bond motifs is 1. The second kappa shape index (κ2) is 8.75. The molecule has 6 heteroatoms. The van der Waals surface area contributed by atoms with Crippen LogP contribution in [0.2, 0.25) is 0 Å². The Kier molecular flexibility index (Phi) is 5.71. The number of carbonyl (C=O) groups excluding carboxylic acids is 1. The molecule has 0 bridgehead atoms. The van der Waals surface area contributed by atoms with Gasteiger partial charge in [-0.15, -0.1) is 0 Å². The van der Waals surface area contributed by atoms with Crippen molar-refractivity contribution in [2.24, 2.45) is 0 Å². The summed E-state index contributed by atoms with van der Waals surface area (Å²) in [7, 11) is 3.08. The lowest BCUT2D eigenvalue weighted by atomic mass is 10.0. The maximum atomic E-state index is 12.7. The van der Waals surface area contributed by atoms with Gasteiger partial charge < -0.3 is 18.6 Å². The monoisotopic (exact) mass is 416 g/mol. The molecule has 0 unspecified atom stereocenters. The normalized spacial score (nSPS) is 10.6. The lowest BCUT2D eigenvalue weighted by Crippen LogP contribution is -2.11. The van der Waals surface area contributed by atoms with E-state index in [2.05, 4.69) is 0 Å². The fourth-order valence-corrected chi connectivity index (χ4v) is 3.30. The molecule has 0 N–H and O–H groups in total. The predicted molar refractivity (Wildman–Crippen MR) is 117 cm³/mol. The van der Waals surface area contributed by atoms with E-state index in [1.54, 1.807) is 43.5 Å². The van der Waals surface area contributed by atoms with Crippen molar-refractivity contribution in [1.82, 2.24) is 0 Å². The number of rotatable bonds is 6. The van der Waals surface area contributed by atoms with Gasteiger partial charge in [0.1, 0.15) is 22.8 Å². The molecule has 0 aliphatic carbocycles. The zero-order chi connectivity index (χ0) is 21.8. The van der Waals surface area contributed by atoms with Crippen LogP contribution in [0.15, 0.2) is 82.0 Å². The highest BCUT2D eigenvalue weighted by Gasteiger charge is 2.15. The molecule has 0 aliphatic heterocycles.